The average molecular weight is 308 g/mol. The predicted molar refractivity (Wildman–Crippen MR) is 71.7 cm³/mol. The Hall–Kier alpha value is -1.88. The van der Waals surface area contributed by atoms with Crippen molar-refractivity contribution in [3.63, 3.8) is 0 Å². The SMILES string of the molecule is O=[N+]([O-])c1ccc(Cc2ccccc2)c(Br)c1O. The molecule has 0 heterocycles. The number of benzene rings is 2. The van der Waals surface area contributed by atoms with E-state index in [1.807, 2.05) is 30.3 Å². The van der Waals surface area contributed by atoms with Gasteiger partial charge in [0.2, 0.25) is 5.75 Å². The van der Waals surface area contributed by atoms with Crippen LogP contribution in [0.4, 0.5) is 5.69 Å². The maximum Gasteiger partial charge on any atom is 0.311 e. The molecule has 2 aromatic carbocycles. The van der Waals surface area contributed by atoms with Gasteiger partial charge in [0.1, 0.15) is 0 Å². The van der Waals surface area contributed by atoms with Crippen molar-refractivity contribution in [2.24, 2.45) is 0 Å². The first-order valence-corrected chi connectivity index (χ1v) is 6.07. The van der Waals surface area contributed by atoms with Crippen molar-refractivity contribution in [2.45, 2.75) is 6.42 Å². The molecule has 0 radical (unpaired) electrons. The molecule has 92 valence electrons. The molecule has 5 heteroatoms. The summed E-state index contributed by atoms with van der Waals surface area (Å²) < 4.78 is 0.376. The van der Waals surface area contributed by atoms with Crippen LogP contribution in [0.2, 0.25) is 0 Å². The fraction of sp³-hybridized carbons (Fsp3) is 0.0769. The predicted octanol–water partition coefficient (Wildman–Crippen LogP) is 3.65. The molecule has 1 N–H and O–H groups in total. The number of nitro groups is 1. The molecule has 0 aliphatic carbocycles. The molecule has 0 unspecified atom stereocenters. The van der Waals surface area contributed by atoms with Gasteiger partial charge in [-0.15, -0.1) is 0 Å². The number of rotatable bonds is 3. The Bertz CT molecular complexity index is 584. The van der Waals surface area contributed by atoms with Crippen LogP contribution in [0, 0.1) is 10.1 Å². The largest absolute Gasteiger partial charge is 0.501 e. The van der Waals surface area contributed by atoms with E-state index in [9.17, 15) is 15.2 Å². The topological polar surface area (TPSA) is 63.4 Å². The molecule has 0 saturated carbocycles. The highest BCUT2D eigenvalue weighted by Crippen LogP contribution is 2.37. The molecule has 2 aromatic rings. The van der Waals surface area contributed by atoms with E-state index in [1.165, 1.54) is 6.07 Å². The second-order valence-electron chi connectivity index (χ2n) is 3.83. The molecule has 0 atom stereocenters. The number of halogens is 1. The fourth-order valence-electron chi connectivity index (χ4n) is 1.70. The van der Waals surface area contributed by atoms with Crippen molar-refractivity contribution >= 4 is 21.6 Å². The summed E-state index contributed by atoms with van der Waals surface area (Å²) in [7, 11) is 0. The number of nitrogens with zero attached hydrogens (tertiary/aromatic N) is 1. The maximum atomic E-state index is 10.7. The summed E-state index contributed by atoms with van der Waals surface area (Å²) in [5, 5.41) is 20.4. The van der Waals surface area contributed by atoms with E-state index in [4.69, 9.17) is 0 Å². The highest BCUT2D eigenvalue weighted by Gasteiger charge is 2.18. The van der Waals surface area contributed by atoms with Crippen molar-refractivity contribution < 1.29 is 10.0 Å². The van der Waals surface area contributed by atoms with E-state index in [2.05, 4.69) is 15.9 Å². The Morgan fingerprint density at radius 2 is 1.83 bits per heavy atom. The van der Waals surface area contributed by atoms with Crippen LogP contribution in [-0.4, -0.2) is 10.0 Å². The van der Waals surface area contributed by atoms with Crippen LogP contribution in [0.15, 0.2) is 46.9 Å². The van der Waals surface area contributed by atoms with Gasteiger partial charge in [-0.3, -0.25) is 10.1 Å². The zero-order valence-electron chi connectivity index (χ0n) is 9.34. The molecule has 0 bridgehead atoms. The van der Waals surface area contributed by atoms with E-state index < -0.39 is 4.92 Å². The second-order valence-corrected chi connectivity index (χ2v) is 4.62. The monoisotopic (exact) mass is 307 g/mol. The van der Waals surface area contributed by atoms with Gasteiger partial charge in [0, 0.05) is 6.07 Å². The summed E-state index contributed by atoms with van der Waals surface area (Å²) in [5.74, 6) is -0.326. The molecule has 0 spiro atoms. The number of phenols is 1. The molecule has 4 nitrogen and oxygen atoms in total. The Balaban J connectivity index is 2.36. The van der Waals surface area contributed by atoms with Gasteiger partial charge in [-0.25, -0.2) is 0 Å². The van der Waals surface area contributed by atoms with Crippen LogP contribution in [0.3, 0.4) is 0 Å². The molecular weight excluding hydrogens is 298 g/mol. The van der Waals surface area contributed by atoms with E-state index >= 15 is 0 Å². The van der Waals surface area contributed by atoms with E-state index in [0.29, 0.717) is 10.9 Å². The minimum atomic E-state index is -0.605. The van der Waals surface area contributed by atoms with Crippen molar-refractivity contribution in [1.82, 2.24) is 0 Å². The summed E-state index contributed by atoms with van der Waals surface area (Å²) in [6.07, 6.45) is 0.604. The van der Waals surface area contributed by atoms with Gasteiger partial charge in [-0.1, -0.05) is 36.4 Å². The van der Waals surface area contributed by atoms with E-state index in [0.717, 1.165) is 11.1 Å². The van der Waals surface area contributed by atoms with Crippen molar-refractivity contribution in [3.05, 3.63) is 68.2 Å². The van der Waals surface area contributed by atoms with Gasteiger partial charge in [-0.2, -0.15) is 0 Å². The van der Waals surface area contributed by atoms with Crippen molar-refractivity contribution in [1.29, 1.82) is 0 Å². The Labute approximate surface area is 112 Å². The van der Waals surface area contributed by atoms with Gasteiger partial charge in [0.15, 0.2) is 0 Å². The Morgan fingerprint density at radius 3 is 2.44 bits per heavy atom. The molecule has 0 aliphatic heterocycles. The zero-order valence-corrected chi connectivity index (χ0v) is 10.9. The first kappa shape index (κ1) is 12.6. The van der Waals surface area contributed by atoms with Crippen LogP contribution >= 0.6 is 15.9 Å². The van der Waals surface area contributed by atoms with Gasteiger partial charge >= 0.3 is 5.69 Å². The number of phenolic OH excluding ortho intramolecular Hbond substituents is 1. The third-order valence-corrected chi connectivity index (χ3v) is 3.49. The lowest BCUT2D eigenvalue weighted by molar-refractivity contribution is -0.386. The van der Waals surface area contributed by atoms with E-state index in [1.54, 1.807) is 6.07 Å². The highest BCUT2D eigenvalue weighted by molar-refractivity contribution is 9.10. The molecule has 0 amide bonds. The summed E-state index contributed by atoms with van der Waals surface area (Å²) >= 11 is 3.20. The lowest BCUT2D eigenvalue weighted by atomic mass is 10.0. The summed E-state index contributed by atoms with van der Waals surface area (Å²) in [6.45, 7) is 0. The third-order valence-electron chi connectivity index (χ3n) is 2.61. The first-order valence-electron chi connectivity index (χ1n) is 5.28. The highest BCUT2D eigenvalue weighted by atomic mass is 79.9. The average Bonchev–Trinajstić information content (AvgIpc) is 2.36. The Kier molecular flexibility index (Phi) is 3.62. The van der Waals surface area contributed by atoms with Gasteiger partial charge < -0.3 is 5.11 Å². The molecule has 0 fully saturated rings. The number of nitro benzene ring substituents is 1. The van der Waals surface area contributed by atoms with Crippen molar-refractivity contribution in [3.8, 4) is 5.75 Å². The summed E-state index contributed by atoms with van der Waals surface area (Å²) in [6, 6.07) is 12.7. The molecule has 0 aliphatic rings. The second kappa shape index (κ2) is 5.18. The minimum Gasteiger partial charge on any atom is -0.501 e. The quantitative estimate of drug-likeness (QED) is 0.695. The molecule has 18 heavy (non-hydrogen) atoms. The van der Waals surface area contributed by atoms with Crippen LogP contribution < -0.4 is 0 Å². The fourth-order valence-corrected chi connectivity index (χ4v) is 2.17. The first-order chi connectivity index (χ1) is 8.59. The van der Waals surface area contributed by atoms with Gasteiger partial charge in [-0.05, 0) is 33.5 Å². The van der Waals surface area contributed by atoms with Crippen LogP contribution in [0.25, 0.3) is 0 Å². The normalized spacial score (nSPS) is 10.3. The third kappa shape index (κ3) is 2.51. The van der Waals surface area contributed by atoms with Gasteiger partial charge in [0.05, 0.1) is 9.40 Å². The van der Waals surface area contributed by atoms with Crippen LogP contribution in [0.1, 0.15) is 11.1 Å². The summed E-state index contributed by atoms with van der Waals surface area (Å²) in [4.78, 5) is 10.1. The molecular formula is C13H10BrNO3. The maximum absolute atomic E-state index is 10.7. The van der Waals surface area contributed by atoms with E-state index in [-0.39, 0.29) is 11.4 Å². The number of hydrogen-bond donors (Lipinski definition) is 1. The smallest absolute Gasteiger partial charge is 0.311 e. The van der Waals surface area contributed by atoms with Crippen LogP contribution in [0.5, 0.6) is 5.75 Å². The lowest BCUT2D eigenvalue weighted by Crippen LogP contribution is -1.94. The van der Waals surface area contributed by atoms with Gasteiger partial charge in [0.25, 0.3) is 0 Å². The zero-order chi connectivity index (χ0) is 13.1. The Morgan fingerprint density at radius 1 is 1.17 bits per heavy atom. The van der Waals surface area contributed by atoms with Crippen LogP contribution in [-0.2, 0) is 6.42 Å². The lowest BCUT2D eigenvalue weighted by Gasteiger charge is -2.06. The summed E-state index contributed by atoms with van der Waals surface area (Å²) in [5.41, 5.74) is 1.59. The standard InChI is InChI=1S/C13H10BrNO3/c14-12-10(8-9-4-2-1-3-5-9)6-7-11(13(12)16)15(17)18/h1-7,16H,8H2. The molecule has 0 saturated heterocycles. The number of aromatic hydroxyl groups is 1. The number of hydrogen-bond acceptors (Lipinski definition) is 3. The minimum absolute atomic E-state index is 0.293. The molecule has 2 rings (SSSR count). The van der Waals surface area contributed by atoms with Crippen molar-refractivity contribution in [2.75, 3.05) is 0 Å². The molecule has 0 aromatic heterocycles.